The van der Waals surface area contributed by atoms with Gasteiger partial charge in [0.25, 0.3) is 0 Å². The van der Waals surface area contributed by atoms with E-state index in [1.807, 2.05) is 35.0 Å². The van der Waals surface area contributed by atoms with Crippen molar-refractivity contribution in [3.05, 3.63) is 42.1 Å². The second-order valence-electron chi connectivity index (χ2n) is 10.6. The summed E-state index contributed by atoms with van der Waals surface area (Å²) >= 11 is 0. The van der Waals surface area contributed by atoms with E-state index in [1.54, 1.807) is 0 Å². The third-order valence-corrected chi connectivity index (χ3v) is 8.05. The normalized spacial score (nSPS) is 20.7. The lowest BCUT2D eigenvalue weighted by Crippen LogP contribution is -2.48. The van der Waals surface area contributed by atoms with Gasteiger partial charge in [-0.25, -0.2) is 4.68 Å². The quantitative estimate of drug-likeness (QED) is 0.609. The van der Waals surface area contributed by atoms with E-state index in [0.717, 1.165) is 56.0 Å². The van der Waals surface area contributed by atoms with Gasteiger partial charge in [0, 0.05) is 37.0 Å². The summed E-state index contributed by atoms with van der Waals surface area (Å²) in [6.07, 6.45) is 12.3. The summed E-state index contributed by atoms with van der Waals surface area (Å²) in [4.78, 5) is 27.8. The number of hydrogen-bond acceptors (Lipinski definition) is 4. The Balaban J connectivity index is 1.15. The van der Waals surface area contributed by atoms with E-state index in [9.17, 15) is 9.59 Å². The molecule has 0 radical (unpaired) electrons. The van der Waals surface area contributed by atoms with E-state index in [0.29, 0.717) is 12.5 Å². The highest BCUT2D eigenvalue weighted by Gasteiger charge is 2.27. The molecule has 2 aliphatic carbocycles. The van der Waals surface area contributed by atoms with E-state index in [2.05, 4.69) is 21.6 Å². The monoisotopic (exact) mass is 477 g/mol. The zero-order valence-electron chi connectivity index (χ0n) is 20.8. The maximum Gasteiger partial charge on any atom is 0.239 e. The van der Waals surface area contributed by atoms with Crippen molar-refractivity contribution in [3.63, 3.8) is 0 Å². The molecule has 1 aromatic heterocycles. The molecule has 0 bridgehead atoms. The van der Waals surface area contributed by atoms with Crippen molar-refractivity contribution in [1.29, 1.82) is 0 Å². The first-order chi connectivity index (χ1) is 17.2. The molecule has 0 unspecified atom stereocenters. The molecule has 0 atom stereocenters. The van der Waals surface area contributed by atoms with E-state index in [-0.39, 0.29) is 23.8 Å². The van der Waals surface area contributed by atoms with Gasteiger partial charge in [-0.3, -0.25) is 14.5 Å². The lowest BCUT2D eigenvalue weighted by atomic mass is 9.88. The van der Waals surface area contributed by atoms with Crippen LogP contribution in [0.3, 0.4) is 0 Å². The minimum atomic E-state index is -0.00950. The molecule has 2 saturated carbocycles. The first-order valence-electron chi connectivity index (χ1n) is 13.6. The van der Waals surface area contributed by atoms with E-state index >= 15 is 0 Å². The summed E-state index contributed by atoms with van der Waals surface area (Å²) in [5.41, 5.74) is 2.04. The van der Waals surface area contributed by atoms with Gasteiger partial charge >= 0.3 is 0 Å². The number of anilines is 1. The molecular formula is C28H39N5O2. The Kier molecular flexibility index (Phi) is 7.82. The molecule has 2 amide bonds. The summed E-state index contributed by atoms with van der Waals surface area (Å²) in [5, 5.41) is 11.3. The van der Waals surface area contributed by atoms with Gasteiger partial charge in [0.1, 0.15) is 5.82 Å². The molecule has 2 aromatic rings. The topological polar surface area (TPSA) is 79.3 Å². The average molecular weight is 478 g/mol. The van der Waals surface area contributed by atoms with Crippen LogP contribution in [0.25, 0.3) is 5.69 Å². The number of likely N-dealkylation sites (tertiary alicyclic amines) is 1. The summed E-state index contributed by atoms with van der Waals surface area (Å²) in [5.74, 6) is 1.67. The van der Waals surface area contributed by atoms with Gasteiger partial charge < -0.3 is 10.6 Å². The Bertz CT molecular complexity index is 984. The van der Waals surface area contributed by atoms with Crippen LogP contribution in [0.1, 0.15) is 82.2 Å². The van der Waals surface area contributed by atoms with Crippen LogP contribution in [0, 0.1) is 5.92 Å². The van der Waals surface area contributed by atoms with Gasteiger partial charge in [-0.2, -0.15) is 5.10 Å². The summed E-state index contributed by atoms with van der Waals surface area (Å²) in [7, 11) is 0. The first-order valence-corrected chi connectivity index (χ1v) is 13.6. The standard InChI is InChI=1S/C28H39N5O2/c34-27(20-32-17-15-23(16-18-32)29-28(35)22-11-3-1-4-12-22)30-26-19-25(21-9-7-8-10-21)31-33(26)24-13-5-2-6-14-24/h2,5-6,13-14,19,21-23H,1,3-4,7-12,15-18,20H2,(H,29,35)(H,30,34). The number of amides is 2. The molecule has 3 fully saturated rings. The minimum Gasteiger partial charge on any atom is -0.353 e. The van der Waals surface area contributed by atoms with Crippen LogP contribution in [-0.2, 0) is 9.59 Å². The van der Waals surface area contributed by atoms with Gasteiger partial charge in [-0.1, -0.05) is 50.3 Å². The molecule has 5 rings (SSSR count). The van der Waals surface area contributed by atoms with Crippen LogP contribution < -0.4 is 10.6 Å². The van der Waals surface area contributed by atoms with E-state index in [1.165, 1.54) is 44.9 Å². The second-order valence-corrected chi connectivity index (χ2v) is 10.6. The minimum absolute atomic E-state index is 0.00950. The molecule has 1 saturated heterocycles. The number of hydrogen-bond donors (Lipinski definition) is 2. The van der Waals surface area contributed by atoms with Crippen LogP contribution >= 0.6 is 0 Å². The lowest BCUT2D eigenvalue weighted by molar-refractivity contribution is -0.127. The molecule has 7 nitrogen and oxygen atoms in total. The smallest absolute Gasteiger partial charge is 0.239 e. The molecule has 3 aliphatic rings. The highest BCUT2D eigenvalue weighted by molar-refractivity contribution is 5.91. The molecule has 2 heterocycles. The van der Waals surface area contributed by atoms with Gasteiger partial charge in [0.15, 0.2) is 0 Å². The average Bonchev–Trinajstić information content (AvgIpc) is 3.57. The third kappa shape index (κ3) is 6.13. The van der Waals surface area contributed by atoms with Crippen molar-refractivity contribution in [2.45, 2.75) is 82.6 Å². The van der Waals surface area contributed by atoms with E-state index < -0.39 is 0 Å². The highest BCUT2D eigenvalue weighted by atomic mass is 16.2. The molecule has 35 heavy (non-hydrogen) atoms. The largest absolute Gasteiger partial charge is 0.353 e. The lowest BCUT2D eigenvalue weighted by Gasteiger charge is -2.33. The Hall–Kier alpha value is -2.67. The van der Waals surface area contributed by atoms with Crippen molar-refractivity contribution in [3.8, 4) is 5.69 Å². The first kappa shape index (κ1) is 24.0. The van der Waals surface area contributed by atoms with Crippen molar-refractivity contribution in [1.82, 2.24) is 20.0 Å². The number of nitrogens with zero attached hydrogens (tertiary/aromatic N) is 3. The SMILES string of the molecule is O=C(CN1CCC(NC(=O)C2CCCCC2)CC1)Nc1cc(C2CCCC2)nn1-c1ccccc1. The van der Waals surface area contributed by atoms with E-state index in [4.69, 9.17) is 5.10 Å². The zero-order chi connectivity index (χ0) is 24.0. The Morgan fingerprint density at radius 2 is 1.57 bits per heavy atom. The highest BCUT2D eigenvalue weighted by Crippen LogP contribution is 2.35. The van der Waals surface area contributed by atoms with Crippen molar-refractivity contribution in [2.75, 3.05) is 25.0 Å². The maximum atomic E-state index is 13.0. The summed E-state index contributed by atoms with van der Waals surface area (Å²) < 4.78 is 1.87. The number of rotatable bonds is 7. The molecular weight excluding hydrogens is 438 g/mol. The van der Waals surface area contributed by atoms with Crippen LogP contribution in [0.2, 0.25) is 0 Å². The maximum absolute atomic E-state index is 13.0. The Morgan fingerprint density at radius 1 is 0.886 bits per heavy atom. The van der Waals surface area contributed by atoms with Crippen molar-refractivity contribution >= 4 is 17.6 Å². The van der Waals surface area contributed by atoms with Crippen LogP contribution in [0.5, 0.6) is 0 Å². The predicted molar refractivity (Wildman–Crippen MR) is 138 cm³/mol. The number of carbonyl (C=O) groups excluding carboxylic acids is 2. The fraction of sp³-hybridized carbons (Fsp3) is 0.607. The third-order valence-electron chi connectivity index (χ3n) is 8.05. The van der Waals surface area contributed by atoms with Gasteiger partial charge in [-0.15, -0.1) is 0 Å². The predicted octanol–water partition coefficient (Wildman–Crippen LogP) is 4.63. The number of nitrogens with one attached hydrogen (secondary N) is 2. The summed E-state index contributed by atoms with van der Waals surface area (Å²) in [6.45, 7) is 2.02. The molecule has 1 aromatic carbocycles. The second kappa shape index (κ2) is 11.4. The van der Waals surface area contributed by atoms with Gasteiger partial charge in [0.05, 0.1) is 17.9 Å². The van der Waals surface area contributed by atoms with Gasteiger partial charge in [-0.05, 0) is 50.7 Å². The molecule has 7 heteroatoms. The number of para-hydroxylation sites is 1. The Morgan fingerprint density at radius 3 is 2.29 bits per heavy atom. The number of piperidine rings is 1. The Labute approximate surface area is 208 Å². The van der Waals surface area contributed by atoms with Crippen LogP contribution in [0.15, 0.2) is 36.4 Å². The fourth-order valence-corrected chi connectivity index (χ4v) is 5.98. The van der Waals surface area contributed by atoms with Crippen LogP contribution in [-0.4, -0.2) is 52.2 Å². The number of carbonyl (C=O) groups is 2. The van der Waals surface area contributed by atoms with Crippen LogP contribution in [0.4, 0.5) is 5.82 Å². The van der Waals surface area contributed by atoms with Gasteiger partial charge in [0.2, 0.25) is 11.8 Å². The molecule has 1 aliphatic heterocycles. The van der Waals surface area contributed by atoms with Crippen molar-refractivity contribution < 1.29 is 9.59 Å². The van der Waals surface area contributed by atoms with Crippen molar-refractivity contribution in [2.24, 2.45) is 5.92 Å². The number of aromatic nitrogens is 2. The molecule has 2 N–H and O–H groups in total. The zero-order valence-corrected chi connectivity index (χ0v) is 20.8. The number of benzene rings is 1. The fourth-order valence-electron chi connectivity index (χ4n) is 5.98. The summed E-state index contributed by atoms with van der Waals surface area (Å²) in [6, 6.07) is 12.3. The molecule has 188 valence electrons. The molecule has 0 spiro atoms.